The van der Waals surface area contributed by atoms with Gasteiger partial charge in [0.05, 0.1) is 12.7 Å². The molecule has 0 aromatic carbocycles. The van der Waals surface area contributed by atoms with Crippen molar-refractivity contribution in [3.05, 3.63) is 17.8 Å². The van der Waals surface area contributed by atoms with E-state index in [2.05, 4.69) is 32.0 Å². The Hall–Kier alpha value is -3.62. The highest BCUT2D eigenvalue weighted by atomic mass is 19.3. The molecule has 1 unspecified atom stereocenters. The molecule has 36 heavy (non-hydrogen) atoms. The van der Waals surface area contributed by atoms with E-state index in [1.807, 2.05) is 13.8 Å². The molecule has 0 radical (unpaired) electrons. The van der Waals surface area contributed by atoms with Crippen LogP contribution in [0.25, 0.3) is 5.65 Å². The van der Waals surface area contributed by atoms with Gasteiger partial charge in [0.1, 0.15) is 11.9 Å². The molecule has 0 bridgehead atoms. The number of amides is 2. The third-order valence-corrected chi connectivity index (χ3v) is 6.34. The van der Waals surface area contributed by atoms with Gasteiger partial charge in [-0.05, 0) is 31.6 Å². The molecule has 1 N–H and O–H groups in total. The fourth-order valence-electron chi connectivity index (χ4n) is 4.45. The number of carbonyl (C=O) groups excluding carboxylic acids is 2. The van der Waals surface area contributed by atoms with Gasteiger partial charge in [-0.2, -0.15) is 23.4 Å². The molecule has 2 aliphatic rings. The van der Waals surface area contributed by atoms with Crippen LogP contribution in [0.1, 0.15) is 51.5 Å². The van der Waals surface area contributed by atoms with Crippen LogP contribution in [0.15, 0.2) is 12.3 Å². The molecule has 2 aromatic heterocycles. The number of piperidine rings is 1. The summed E-state index contributed by atoms with van der Waals surface area (Å²) in [7, 11) is 0. The summed E-state index contributed by atoms with van der Waals surface area (Å²) in [5.74, 6) is 5.25. The number of anilines is 1. The molecule has 0 saturated carbocycles. The lowest BCUT2D eigenvalue weighted by Gasteiger charge is -2.32. The molecule has 194 valence electrons. The van der Waals surface area contributed by atoms with Gasteiger partial charge >= 0.3 is 12.7 Å². The van der Waals surface area contributed by atoms with Gasteiger partial charge in [0.15, 0.2) is 5.65 Å². The lowest BCUT2D eigenvalue weighted by atomic mass is 10.1. The second kappa shape index (κ2) is 11.0. The summed E-state index contributed by atoms with van der Waals surface area (Å²) in [5, 5.41) is 7.74. The number of fused-ring (bicyclic) bond motifs is 1. The minimum Gasteiger partial charge on any atom is -0.444 e. The molecule has 2 fully saturated rings. The predicted octanol–water partition coefficient (Wildman–Crippen LogP) is 3.09. The zero-order valence-corrected chi connectivity index (χ0v) is 20.5. The van der Waals surface area contributed by atoms with Gasteiger partial charge in [0.2, 0.25) is 5.88 Å². The predicted molar refractivity (Wildman–Crippen MR) is 127 cm³/mol. The molecule has 2 aliphatic heterocycles. The van der Waals surface area contributed by atoms with E-state index in [9.17, 15) is 18.4 Å². The van der Waals surface area contributed by atoms with Crippen molar-refractivity contribution in [2.45, 2.75) is 64.7 Å². The lowest BCUT2D eigenvalue weighted by molar-refractivity contribution is -0.124. The Morgan fingerprint density at radius 1 is 1.17 bits per heavy atom. The average Bonchev–Trinajstić information content (AvgIpc) is 3.47. The molecular formula is C24H30F2N6O4. The van der Waals surface area contributed by atoms with Crippen LogP contribution in [0.3, 0.4) is 0 Å². The largest absolute Gasteiger partial charge is 0.444 e. The summed E-state index contributed by atoms with van der Waals surface area (Å²) in [5.41, 5.74) is 1.28. The number of hydrogen-bond donors (Lipinski definition) is 1. The Kier molecular flexibility index (Phi) is 7.76. The molecule has 10 nitrogen and oxygen atoms in total. The number of nitrogens with one attached hydrogen (secondary N) is 1. The number of hydrogen-bond acceptors (Lipinski definition) is 7. The van der Waals surface area contributed by atoms with Crippen molar-refractivity contribution in [2.75, 3.05) is 31.5 Å². The topological polar surface area (TPSA) is 101 Å². The molecule has 1 atom stereocenters. The first-order valence-electron chi connectivity index (χ1n) is 12.0. The van der Waals surface area contributed by atoms with Gasteiger partial charge in [-0.15, -0.1) is 0 Å². The highest BCUT2D eigenvalue weighted by Gasteiger charge is 2.31. The van der Waals surface area contributed by atoms with Crippen LogP contribution in [0.2, 0.25) is 0 Å². The highest BCUT2D eigenvalue weighted by Crippen LogP contribution is 2.27. The quantitative estimate of drug-likeness (QED) is 0.604. The summed E-state index contributed by atoms with van der Waals surface area (Å²) in [6.45, 7) is 4.37. The maximum absolute atomic E-state index is 12.9. The number of aromatic nitrogens is 3. The van der Waals surface area contributed by atoms with Gasteiger partial charge in [0, 0.05) is 43.7 Å². The van der Waals surface area contributed by atoms with Gasteiger partial charge in [-0.1, -0.05) is 19.8 Å². The summed E-state index contributed by atoms with van der Waals surface area (Å²) >= 11 is 0. The third-order valence-electron chi connectivity index (χ3n) is 6.34. The number of rotatable bonds is 6. The maximum atomic E-state index is 12.9. The highest BCUT2D eigenvalue weighted by molar-refractivity contribution is 5.93. The minimum atomic E-state index is -2.99. The second-order valence-electron chi connectivity index (χ2n) is 9.17. The molecule has 2 saturated heterocycles. The first-order valence-corrected chi connectivity index (χ1v) is 12.0. The first kappa shape index (κ1) is 25.5. The molecule has 4 rings (SSSR count). The zero-order chi connectivity index (χ0) is 25.8. The van der Waals surface area contributed by atoms with Gasteiger partial charge < -0.3 is 24.6 Å². The van der Waals surface area contributed by atoms with Crippen molar-refractivity contribution in [2.24, 2.45) is 0 Å². The standard InChI is InChI=1S/C24H30F2N6O4/c1-4-5-21(33)31-11-8-17(14-31)35-24(34)30-9-6-16(7-10-30)28-19-12-20(36-23(25)26)29-22-18(15(2)3)13-27-32(19)22/h12-13,15-17,23,28H,6-11,14H2,1-3H3. The minimum absolute atomic E-state index is 0.0158. The summed E-state index contributed by atoms with van der Waals surface area (Å²) < 4.78 is 37.5. The number of likely N-dealkylation sites (tertiary alicyclic amines) is 2. The van der Waals surface area contributed by atoms with Crippen LogP contribution in [-0.4, -0.2) is 81.3 Å². The number of halogens is 2. The molecule has 0 spiro atoms. The zero-order valence-electron chi connectivity index (χ0n) is 20.5. The van der Waals surface area contributed by atoms with Crippen molar-refractivity contribution in [1.82, 2.24) is 24.4 Å². The first-order chi connectivity index (χ1) is 17.2. The monoisotopic (exact) mass is 504 g/mol. The number of ether oxygens (including phenoxy) is 2. The molecule has 2 amide bonds. The fourth-order valence-corrected chi connectivity index (χ4v) is 4.45. The van der Waals surface area contributed by atoms with Crippen LogP contribution >= 0.6 is 0 Å². The van der Waals surface area contributed by atoms with Crippen LogP contribution in [0, 0.1) is 11.8 Å². The van der Waals surface area contributed by atoms with Crippen molar-refractivity contribution in [1.29, 1.82) is 0 Å². The number of carbonyl (C=O) groups is 2. The Morgan fingerprint density at radius 3 is 2.56 bits per heavy atom. The summed E-state index contributed by atoms with van der Waals surface area (Å²) in [4.78, 5) is 32.0. The Balaban J connectivity index is 1.36. The normalized spacial score (nSPS) is 18.5. The smallest absolute Gasteiger partial charge is 0.410 e. The van der Waals surface area contributed by atoms with Gasteiger partial charge in [-0.25, -0.2) is 4.79 Å². The van der Waals surface area contributed by atoms with Crippen molar-refractivity contribution < 1.29 is 27.8 Å². The molecule has 0 aliphatic carbocycles. The van der Waals surface area contributed by atoms with Crippen LogP contribution in [0.4, 0.5) is 19.4 Å². The van der Waals surface area contributed by atoms with E-state index in [1.54, 1.807) is 27.4 Å². The van der Waals surface area contributed by atoms with E-state index >= 15 is 0 Å². The molecule has 12 heteroatoms. The van der Waals surface area contributed by atoms with Gasteiger partial charge in [-0.3, -0.25) is 4.79 Å². The van der Waals surface area contributed by atoms with E-state index in [0.717, 1.165) is 5.56 Å². The van der Waals surface area contributed by atoms with Gasteiger partial charge in [0.25, 0.3) is 5.91 Å². The maximum Gasteiger partial charge on any atom is 0.410 e. The van der Waals surface area contributed by atoms with E-state index in [4.69, 9.17) is 4.74 Å². The van der Waals surface area contributed by atoms with Crippen LogP contribution < -0.4 is 10.1 Å². The summed E-state index contributed by atoms with van der Waals surface area (Å²) in [6.07, 6.45) is 2.78. The van der Waals surface area contributed by atoms with E-state index < -0.39 is 12.7 Å². The molecular weight excluding hydrogens is 474 g/mol. The fraction of sp³-hybridized carbons (Fsp3) is 0.583. The second-order valence-corrected chi connectivity index (χ2v) is 9.17. The Bertz CT molecular complexity index is 1170. The number of nitrogens with zero attached hydrogens (tertiary/aromatic N) is 5. The van der Waals surface area contributed by atoms with Crippen LogP contribution in [0.5, 0.6) is 5.88 Å². The number of alkyl halides is 2. The SMILES string of the molecule is CC#CC(=O)N1CCC(OC(=O)N2CCC(Nc3cc(OC(F)F)nc4c(C(C)C)cnn34)CC2)C1. The molecule has 2 aromatic rings. The Morgan fingerprint density at radius 2 is 1.89 bits per heavy atom. The lowest BCUT2D eigenvalue weighted by Crippen LogP contribution is -2.44. The van der Waals surface area contributed by atoms with Crippen molar-refractivity contribution >= 4 is 23.5 Å². The Labute approximate surface area is 207 Å². The van der Waals surface area contributed by atoms with E-state index in [1.165, 1.54) is 6.07 Å². The average molecular weight is 505 g/mol. The van der Waals surface area contributed by atoms with E-state index in [-0.39, 0.29) is 29.9 Å². The van der Waals surface area contributed by atoms with Crippen molar-refractivity contribution in [3.8, 4) is 17.7 Å². The third kappa shape index (κ3) is 5.78. The van der Waals surface area contributed by atoms with Crippen molar-refractivity contribution in [3.63, 3.8) is 0 Å². The summed E-state index contributed by atoms with van der Waals surface area (Å²) in [6, 6.07) is 1.39. The van der Waals surface area contributed by atoms with E-state index in [0.29, 0.717) is 56.9 Å². The van der Waals surface area contributed by atoms with Crippen LogP contribution in [-0.2, 0) is 9.53 Å². The molecule has 4 heterocycles.